The Balaban J connectivity index is 1.94. The van der Waals surface area contributed by atoms with Gasteiger partial charge in [-0.25, -0.2) is 12.7 Å². The third-order valence-corrected chi connectivity index (χ3v) is 7.35. The van der Waals surface area contributed by atoms with Gasteiger partial charge in [-0.3, -0.25) is 4.79 Å². The summed E-state index contributed by atoms with van der Waals surface area (Å²) < 4.78 is 39.2. The molecular formula is C20H29N3O5S2. The third kappa shape index (κ3) is 5.48. The molecule has 1 aromatic heterocycles. The smallest absolute Gasteiger partial charge is 0.252 e. The van der Waals surface area contributed by atoms with Crippen molar-refractivity contribution in [1.82, 2.24) is 8.87 Å². The van der Waals surface area contributed by atoms with Crippen molar-refractivity contribution in [2.24, 2.45) is 10.9 Å². The molecular weight excluding hydrogens is 426 g/mol. The highest BCUT2D eigenvalue weighted by Crippen LogP contribution is 2.24. The number of hydrogen-bond acceptors (Lipinski definition) is 6. The fourth-order valence-electron chi connectivity index (χ4n) is 3.54. The zero-order chi connectivity index (χ0) is 21.7. The van der Waals surface area contributed by atoms with Crippen LogP contribution in [0.25, 0.3) is 10.2 Å². The molecule has 2 heterocycles. The average Bonchev–Trinajstić information content (AvgIpc) is 3.04. The minimum absolute atomic E-state index is 0.194. The lowest BCUT2D eigenvalue weighted by Crippen LogP contribution is -2.41. The average molecular weight is 456 g/mol. The molecule has 1 fully saturated rings. The lowest BCUT2D eigenvalue weighted by Gasteiger charge is -2.28. The van der Waals surface area contributed by atoms with Crippen molar-refractivity contribution >= 4 is 37.5 Å². The van der Waals surface area contributed by atoms with Gasteiger partial charge in [0.2, 0.25) is 10.0 Å². The van der Waals surface area contributed by atoms with Crippen molar-refractivity contribution in [3.05, 3.63) is 23.0 Å². The van der Waals surface area contributed by atoms with Crippen molar-refractivity contribution in [3.8, 4) is 5.75 Å². The first kappa shape index (κ1) is 22.9. The number of aromatic nitrogens is 1. The van der Waals surface area contributed by atoms with Crippen molar-refractivity contribution in [3.63, 3.8) is 0 Å². The number of benzene rings is 1. The summed E-state index contributed by atoms with van der Waals surface area (Å²) in [6.45, 7) is 6.82. The van der Waals surface area contributed by atoms with Gasteiger partial charge in [0.05, 0.1) is 35.6 Å². The number of rotatable bonds is 8. The van der Waals surface area contributed by atoms with Crippen LogP contribution in [0.2, 0.25) is 0 Å². The molecule has 10 heteroatoms. The highest BCUT2D eigenvalue weighted by molar-refractivity contribution is 7.88. The molecule has 0 spiro atoms. The molecule has 166 valence electrons. The number of fused-ring (bicyclic) bond motifs is 1. The Hall–Kier alpha value is -1.75. The van der Waals surface area contributed by atoms with Crippen molar-refractivity contribution in [2.45, 2.75) is 33.2 Å². The van der Waals surface area contributed by atoms with Gasteiger partial charge in [0.1, 0.15) is 5.75 Å². The molecule has 1 amide bonds. The number of carbonyl (C=O) groups excluding carboxylic acids is 1. The molecule has 1 aliphatic rings. The maximum absolute atomic E-state index is 12.9. The van der Waals surface area contributed by atoms with Gasteiger partial charge < -0.3 is 14.0 Å². The molecule has 0 aliphatic carbocycles. The van der Waals surface area contributed by atoms with Crippen molar-refractivity contribution < 1.29 is 22.7 Å². The van der Waals surface area contributed by atoms with Crippen LogP contribution >= 0.6 is 11.3 Å². The molecule has 1 aliphatic heterocycles. The van der Waals surface area contributed by atoms with Gasteiger partial charge in [-0.1, -0.05) is 11.3 Å². The topological polar surface area (TPSA) is 90.2 Å². The molecule has 1 unspecified atom stereocenters. The quantitative estimate of drug-likeness (QED) is 0.570. The van der Waals surface area contributed by atoms with Gasteiger partial charge >= 0.3 is 0 Å². The Bertz CT molecular complexity index is 1060. The van der Waals surface area contributed by atoms with Crippen LogP contribution in [0.1, 0.15) is 26.7 Å². The predicted octanol–water partition coefficient (Wildman–Crippen LogP) is 2.24. The van der Waals surface area contributed by atoms with Crippen LogP contribution in [0.4, 0.5) is 0 Å². The summed E-state index contributed by atoms with van der Waals surface area (Å²) in [6, 6.07) is 5.83. The van der Waals surface area contributed by atoms with Crippen LogP contribution < -0.4 is 9.54 Å². The van der Waals surface area contributed by atoms with Crippen LogP contribution in [-0.2, 0) is 26.1 Å². The fourth-order valence-corrected chi connectivity index (χ4v) is 5.54. The number of piperidine rings is 1. The van der Waals surface area contributed by atoms with Crippen molar-refractivity contribution in [1.29, 1.82) is 0 Å². The van der Waals surface area contributed by atoms with E-state index in [4.69, 9.17) is 9.47 Å². The molecule has 0 saturated carbocycles. The largest absolute Gasteiger partial charge is 0.494 e. The molecule has 30 heavy (non-hydrogen) atoms. The minimum Gasteiger partial charge on any atom is -0.494 e. The highest BCUT2D eigenvalue weighted by Gasteiger charge is 2.30. The first-order valence-electron chi connectivity index (χ1n) is 10.2. The van der Waals surface area contributed by atoms with Gasteiger partial charge in [-0.2, -0.15) is 4.99 Å². The van der Waals surface area contributed by atoms with Gasteiger partial charge in [0.25, 0.3) is 5.91 Å². The number of hydrogen-bond donors (Lipinski definition) is 0. The van der Waals surface area contributed by atoms with Crippen LogP contribution in [0.15, 0.2) is 23.2 Å². The zero-order valence-electron chi connectivity index (χ0n) is 17.7. The van der Waals surface area contributed by atoms with Crippen molar-refractivity contribution in [2.75, 3.05) is 39.2 Å². The predicted molar refractivity (Wildman–Crippen MR) is 117 cm³/mol. The van der Waals surface area contributed by atoms with E-state index < -0.39 is 15.9 Å². The Kier molecular flexibility index (Phi) is 7.67. The molecule has 8 nitrogen and oxygen atoms in total. The van der Waals surface area contributed by atoms with E-state index in [9.17, 15) is 13.2 Å². The van der Waals surface area contributed by atoms with Crippen LogP contribution in [0.5, 0.6) is 5.75 Å². The number of thiazole rings is 1. The molecule has 1 saturated heterocycles. The second-order valence-electron chi connectivity index (χ2n) is 7.21. The maximum atomic E-state index is 12.9. The van der Waals surface area contributed by atoms with Gasteiger partial charge in [-0.15, -0.1) is 0 Å². The molecule has 2 aromatic rings. The molecule has 3 rings (SSSR count). The van der Waals surface area contributed by atoms with E-state index in [2.05, 4.69) is 4.99 Å². The summed E-state index contributed by atoms with van der Waals surface area (Å²) in [5.74, 6) is 0.0836. The fraction of sp³-hybridized carbons (Fsp3) is 0.600. The Morgan fingerprint density at radius 1 is 1.30 bits per heavy atom. The summed E-state index contributed by atoms with van der Waals surface area (Å²) in [6.07, 6.45) is 2.49. The van der Waals surface area contributed by atoms with Gasteiger partial charge in [0.15, 0.2) is 4.80 Å². The number of nitrogens with zero attached hydrogens (tertiary/aromatic N) is 3. The molecule has 0 bridgehead atoms. The summed E-state index contributed by atoms with van der Waals surface area (Å²) in [7, 11) is -3.31. The molecule has 1 atom stereocenters. The Morgan fingerprint density at radius 3 is 2.80 bits per heavy atom. The lowest BCUT2D eigenvalue weighted by molar-refractivity contribution is -0.122. The van der Waals surface area contributed by atoms with E-state index in [1.165, 1.54) is 21.9 Å². The summed E-state index contributed by atoms with van der Waals surface area (Å²) >= 11 is 1.43. The second kappa shape index (κ2) is 10.0. The molecule has 0 radical (unpaired) electrons. The zero-order valence-corrected chi connectivity index (χ0v) is 19.3. The van der Waals surface area contributed by atoms with Crippen LogP contribution in [0.3, 0.4) is 0 Å². The van der Waals surface area contributed by atoms with E-state index >= 15 is 0 Å². The van der Waals surface area contributed by atoms with Gasteiger partial charge in [-0.05, 0) is 44.9 Å². The lowest BCUT2D eigenvalue weighted by atomic mass is 9.99. The van der Waals surface area contributed by atoms with E-state index in [1.54, 1.807) is 0 Å². The highest BCUT2D eigenvalue weighted by atomic mass is 32.2. The summed E-state index contributed by atoms with van der Waals surface area (Å²) in [4.78, 5) is 17.9. The number of carbonyl (C=O) groups is 1. The van der Waals surface area contributed by atoms with E-state index in [0.717, 1.165) is 16.0 Å². The standard InChI is InChI=1S/C20H29N3O5S2/c1-4-27-12-11-23-17-9-8-16(28-5-2)13-18(17)29-20(23)21-19(24)15-7-6-10-22(14-15)30(3,25)26/h8-9,13,15H,4-7,10-12,14H2,1-3H3. The first-order valence-corrected chi connectivity index (χ1v) is 12.9. The van der Waals surface area contributed by atoms with E-state index in [0.29, 0.717) is 50.6 Å². The molecule has 0 N–H and O–H groups in total. The SMILES string of the molecule is CCOCCn1c(=NC(=O)C2CCCN(S(C)(=O)=O)C2)sc2cc(OCC)ccc21. The minimum atomic E-state index is -3.31. The number of sulfonamides is 1. The summed E-state index contributed by atoms with van der Waals surface area (Å²) in [5, 5.41) is 0. The summed E-state index contributed by atoms with van der Waals surface area (Å²) in [5.41, 5.74) is 0.969. The normalized spacial score (nSPS) is 18.8. The first-order chi connectivity index (χ1) is 14.3. The Labute approximate surface area is 181 Å². The second-order valence-corrected chi connectivity index (χ2v) is 10.2. The van der Waals surface area contributed by atoms with Crippen LogP contribution in [-0.4, -0.2) is 62.4 Å². The Morgan fingerprint density at radius 2 is 2.10 bits per heavy atom. The maximum Gasteiger partial charge on any atom is 0.252 e. The molecule has 1 aromatic carbocycles. The van der Waals surface area contributed by atoms with E-state index in [1.807, 2.05) is 36.6 Å². The number of amides is 1. The van der Waals surface area contributed by atoms with E-state index in [-0.39, 0.29) is 12.5 Å². The third-order valence-electron chi connectivity index (χ3n) is 5.04. The monoisotopic (exact) mass is 455 g/mol. The number of ether oxygens (including phenoxy) is 2. The van der Waals surface area contributed by atoms with Gasteiger partial charge in [0, 0.05) is 26.2 Å². The van der Waals surface area contributed by atoms with Crippen LogP contribution in [0, 0.1) is 5.92 Å².